The van der Waals surface area contributed by atoms with Crippen LogP contribution >= 0.6 is 11.3 Å². The van der Waals surface area contributed by atoms with E-state index in [0.29, 0.717) is 38.5 Å². The molecule has 0 bridgehead atoms. The number of esters is 1. The number of fused-ring (bicyclic) bond motifs is 1. The van der Waals surface area contributed by atoms with Crippen LogP contribution in [-0.2, 0) is 9.53 Å². The zero-order valence-electron chi connectivity index (χ0n) is 18.8. The molecule has 3 aromatic rings. The van der Waals surface area contributed by atoms with Crippen molar-refractivity contribution in [3.8, 4) is 5.75 Å². The Hall–Kier alpha value is -3.20. The summed E-state index contributed by atoms with van der Waals surface area (Å²) in [6, 6.07) is 6.31. The van der Waals surface area contributed by atoms with E-state index in [-0.39, 0.29) is 24.0 Å². The minimum Gasteiger partial charge on any atom is -0.495 e. The van der Waals surface area contributed by atoms with Crippen molar-refractivity contribution in [1.82, 2.24) is 9.55 Å². The third kappa shape index (κ3) is 4.67. The van der Waals surface area contributed by atoms with E-state index in [1.807, 2.05) is 26.8 Å². The lowest BCUT2D eigenvalue weighted by atomic mass is 10.1. The van der Waals surface area contributed by atoms with Crippen LogP contribution in [0.2, 0.25) is 0 Å². The van der Waals surface area contributed by atoms with E-state index < -0.39 is 12.0 Å². The number of benzene rings is 1. The number of aryl methyl sites for hydroxylation is 1. The number of hydrogen-bond acceptors (Lipinski definition) is 7. The molecule has 0 saturated carbocycles. The van der Waals surface area contributed by atoms with Crippen LogP contribution in [0.15, 0.2) is 35.4 Å². The summed E-state index contributed by atoms with van der Waals surface area (Å²) < 4.78 is 11.9. The largest absolute Gasteiger partial charge is 0.495 e. The van der Waals surface area contributed by atoms with Gasteiger partial charge in [0.15, 0.2) is 0 Å². The SMILES string of the molecule is CCC(C(=O)OCC(C)C)n1cnc2sc(C(=O)Nc3ccccc3OC)c(C)c2c1=O. The summed E-state index contributed by atoms with van der Waals surface area (Å²) >= 11 is 1.14. The molecule has 0 saturated heterocycles. The van der Waals surface area contributed by atoms with E-state index >= 15 is 0 Å². The van der Waals surface area contributed by atoms with Gasteiger partial charge < -0.3 is 14.8 Å². The Morgan fingerprint density at radius 1 is 1.25 bits per heavy atom. The molecule has 1 atom stereocenters. The molecule has 1 N–H and O–H groups in total. The van der Waals surface area contributed by atoms with E-state index in [9.17, 15) is 14.4 Å². The number of methoxy groups -OCH3 is 1. The van der Waals surface area contributed by atoms with Crippen LogP contribution in [0.3, 0.4) is 0 Å². The fourth-order valence-corrected chi connectivity index (χ4v) is 4.36. The second-order valence-corrected chi connectivity index (χ2v) is 8.79. The van der Waals surface area contributed by atoms with Gasteiger partial charge in [-0.25, -0.2) is 9.78 Å². The van der Waals surface area contributed by atoms with Gasteiger partial charge in [-0.05, 0) is 37.0 Å². The molecule has 170 valence electrons. The number of anilines is 1. The van der Waals surface area contributed by atoms with E-state index in [2.05, 4.69) is 10.3 Å². The molecule has 0 aliphatic rings. The zero-order valence-corrected chi connectivity index (χ0v) is 19.6. The summed E-state index contributed by atoms with van der Waals surface area (Å²) in [5.74, 6) is -0.0983. The van der Waals surface area contributed by atoms with Gasteiger partial charge in [0.1, 0.15) is 16.6 Å². The number of ether oxygens (including phenoxy) is 2. The van der Waals surface area contributed by atoms with Crippen LogP contribution in [0.1, 0.15) is 48.5 Å². The first-order valence-electron chi connectivity index (χ1n) is 10.4. The van der Waals surface area contributed by atoms with Crippen LogP contribution < -0.4 is 15.6 Å². The summed E-state index contributed by atoms with van der Waals surface area (Å²) in [4.78, 5) is 43.9. The molecule has 1 amide bonds. The van der Waals surface area contributed by atoms with Crippen molar-refractivity contribution in [2.75, 3.05) is 19.0 Å². The highest BCUT2D eigenvalue weighted by Crippen LogP contribution is 2.30. The molecular weight excluding hydrogens is 430 g/mol. The lowest BCUT2D eigenvalue weighted by Crippen LogP contribution is -2.31. The molecule has 0 radical (unpaired) electrons. The van der Waals surface area contributed by atoms with Gasteiger partial charge in [-0.2, -0.15) is 0 Å². The number of rotatable bonds is 8. The smallest absolute Gasteiger partial charge is 0.329 e. The highest BCUT2D eigenvalue weighted by molar-refractivity contribution is 7.20. The summed E-state index contributed by atoms with van der Waals surface area (Å²) in [7, 11) is 1.53. The molecule has 0 spiro atoms. The number of aromatic nitrogens is 2. The number of hydrogen-bond donors (Lipinski definition) is 1. The van der Waals surface area contributed by atoms with Crippen LogP contribution in [0.4, 0.5) is 5.69 Å². The fourth-order valence-electron chi connectivity index (χ4n) is 3.32. The Morgan fingerprint density at radius 3 is 2.62 bits per heavy atom. The number of nitrogens with one attached hydrogen (secondary N) is 1. The molecule has 0 aliphatic heterocycles. The predicted octanol–water partition coefficient (Wildman–Crippen LogP) is 4.18. The minimum absolute atomic E-state index is 0.192. The molecule has 2 aromatic heterocycles. The average molecular weight is 458 g/mol. The Balaban J connectivity index is 1.96. The number of thiophene rings is 1. The van der Waals surface area contributed by atoms with Gasteiger partial charge in [0.25, 0.3) is 11.5 Å². The monoisotopic (exact) mass is 457 g/mol. The zero-order chi connectivity index (χ0) is 23.4. The van der Waals surface area contributed by atoms with Crippen molar-refractivity contribution < 1.29 is 19.1 Å². The third-order valence-electron chi connectivity index (χ3n) is 4.99. The van der Waals surface area contributed by atoms with Gasteiger partial charge >= 0.3 is 5.97 Å². The molecule has 0 aliphatic carbocycles. The maximum atomic E-state index is 13.3. The summed E-state index contributed by atoms with van der Waals surface area (Å²) in [5.41, 5.74) is 0.684. The number of para-hydroxylation sites is 2. The standard InChI is InChI=1S/C23H27N3O5S/c1-6-16(23(29)31-11-13(2)3)26-12-24-21-18(22(26)28)14(4)19(32-21)20(27)25-15-9-7-8-10-17(15)30-5/h7-10,12-13,16H,6,11H2,1-5H3,(H,25,27). The Bertz CT molecular complexity index is 1200. The van der Waals surface area contributed by atoms with Crippen LogP contribution in [0.5, 0.6) is 5.75 Å². The van der Waals surface area contributed by atoms with Crippen LogP contribution in [0.25, 0.3) is 10.2 Å². The number of carbonyl (C=O) groups excluding carboxylic acids is 2. The third-order valence-corrected chi connectivity index (χ3v) is 6.19. The fraction of sp³-hybridized carbons (Fsp3) is 0.391. The second-order valence-electron chi connectivity index (χ2n) is 7.80. The number of carbonyl (C=O) groups is 2. The topological polar surface area (TPSA) is 99.5 Å². The highest BCUT2D eigenvalue weighted by atomic mass is 32.1. The molecule has 1 aromatic carbocycles. The first-order chi connectivity index (χ1) is 15.3. The summed E-state index contributed by atoms with van der Waals surface area (Å²) in [6.45, 7) is 7.69. The summed E-state index contributed by atoms with van der Waals surface area (Å²) in [6.07, 6.45) is 1.74. The Kier molecular flexibility index (Phi) is 7.29. The van der Waals surface area contributed by atoms with Crippen molar-refractivity contribution >= 4 is 39.1 Å². The van der Waals surface area contributed by atoms with E-state index in [1.54, 1.807) is 25.1 Å². The summed E-state index contributed by atoms with van der Waals surface area (Å²) in [5, 5.41) is 3.16. The van der Waals surface area contributed by atoms with Gasteiger partial charge in [-0.3, -0.25) is 14.2 Å². The molecule has 9 heteroatoms. The Labute approximate surface area is 190 Å². The lowest BCUT2D eigenvalue weighted by molar-refractivity contribution is -0.149. The molecule has 3 rings (SSSR count). The van der Waals surface area contributed by atoms with Gasteiger partial charge in [0.2, 0.25) is 0 Å². The van der Waals surface area contributed by atoms with Crippen molar-refractivity contribution in [3.05, 3.63) is 51.4 Å². The maximum Gasteiger partial charge on any atom is 0.329 e. The van der Waals surface area contributed by atoms with E-state index in [1.165, 1.54) is 18.0 Å². The van der Waals surface area contributed by atoms with Crippen molar-refractivity contribution in [2.45, 2.75) is 40.2 Å². The number of amides is 1. The molecule has 0 fully saturated rings. The first-order valence-corrected chi connectivity index (χ1v) is 11.2. The first kappa shape index (κ1) is 23.5. The van der Waals surface area contributed by atoms with Gasteiger partial charge in [0.05, 0.1) is 36.0 Å². The van der Waals surface area contributed by atoms with Crippen LogP contribution in [-0.4, -0.2) is 35.1 Å². The predicted molar refractivity (Wildman–Crippen MR) is 125 cm³/mol. The van der Waals surface area contributed by atoms with Crippen molar-refractivity contribution in [3.63, 3.8) is 0 Å². The van der Waals surface area contributed by atoms with Gasteiger partial charge in [-0.15, -0.1) is 11.3 Å². The molecular formula is C23H27N3O5S. The maximum absolute atomic E-state index is 13.3. The Morgan fingerprint density at radius 2 is 1.97 bits per heavy atom. The normalized spacial score (nSPS) is 12.1. The second kappa shape index (κ2) is 9.95. The molecule has 1 unspecified atom stereocenters. The van der Waals surface area contributed by atoms with Crippen molar-refractivity contribution in [1.29, 1.82) is 0 Å². The average Bonchev–Trinajstić information content (AvgIpc) is 3.12. The highest BCUT2D eigenvalue weighted by Gasteiger charge is 2.26. The van der Waals surface area contributed by atoms with E-state index in [0.717, 1.165) is 11.3 Å². The molecule has 2 heterocycles. The van der Waals surface area contributed by atoms with E-state index in [4.69, 9.17) is 9.47 Å². The van der Waals surface area contributed by atoms with Crippen molar-refractivity contribution in [2.24, 2.45) is 5.92 Å². The van der Waals surface area contributed by atoms with Gasteiger partial charge in [0, 0.05) is 0 Å². The number of nitrogens with zero attached hydrogens (tertiary/aromatic N) is 2. The molecule has 32 heavy (non-hydrogen) atoms. The quantitative estimate of drug-likeness (QED) is 0.510. The molecule has 8 nitrogen and oxygen atoms in total. The lowest BCUT2D eigenvalue weighted by Gasteiger charge is -2.17. The van der Waals surface area contributed by atoms with Gasteiger partial charge in [-0.1, -0.05) is 32.9 Å². The van der Waals surface area contributed by atoms with Crippen LogP contribution in [0, 0.1) is 12.8 Å². The minimum atomic E-state index is -0.775.